The van der Waals surface area contributed by atoms with Gasteiger partial charge in [0.2, 0.25) is 0 Å². The van der Waals surface area contributed by atoms with Gasteiger partial charge in [0.05, 0.1) is 16.9 Å². The van der Waals surface area contributed by atoms with Gasteiger partial charge in [-0.05, 0) is 42.7 Å². The van der Waals surface area contributed by atoms with Crippen LogP contribution in [0, 0.1) is 0 Å². The van der Waals surface area contributed by atoms with Crippen LogP contribution in [-0.2, 0) is 32.1 Å². The summed E-state index contributed by atoms with van der Waals surface area (Å²) in [5.41, 5.74) is 2.86. The Labute approximate surface area is 185 Å². The quantitative estimate of drug-likeness (QED) is 0.543. The van der Waals surface area contributed by atoms with Gasteiger partial charge >= 0.3 is 5.97 Å². The highest BCUT2D eigenvalue weighted by molar-refractivity contribution is 5.94. The molecule has 1 aromatic carbocycles. The van der Waals surface area contributed by atoms with E-state index in [9.17, 15) is 19.5 Å². The average molecular weight is 436 g/mol. The zero-order valence-corrected chi connectivity index (χ0v) is 18.2. The molecule has 0 amide bonds. The molecule has 0 aliphatic carbocycles. The lowest BCUT2D eigenvalue weighted by atomic mass is 9.85. The van der Waals surface area contributed by atoms with E-state index in [1.807, 2.05) is 18.9 Å². The predicted molar refractivity (Wildman–Crippen MR) is 117 cm³/mol. The van der Waals surface area contributed by atoms with Crippen LogP contribution in [0.2, 0.25) is 0 Å². The van der Waals surface area contributed by atoms with Crippen molar-refractivity contribution in [2.45, 2.75) is 38.8 Å². The van der Waals surface area contributed by atoms with Crippen molar-refractivity contribution in [3.05, 3.63) is 52.2 Å². The maximum Gasteiger partial charge on any atom is 0.343 e. The SMILES string of the molecule is CCc1c2c(nc3ccc(OC=O)cc13)C(=CC1=C(C=O)COC(=O)C1(O)CC)N(C)C2. The fourth-order valence-corrected chi connectivity index (χ4v) is 4.44. The number of nitrogens with zero attached hydrogens (tertiary/aromatic N) is 2. The largest absolute Gasteiger partial charge is 0.458 e. The molecule has 8 nitrogen and oxygen atoms in total. The summed E-state index contributed by atoms with van der Waals surface area (Å²) >= 11 is 0. The second-order valence-electron chi connectivity index (χ2n) is 7.90. The van der Waals surface area contributed by atoms with E-state index < -0.39 is 11.6 Å². The van der Waals surface area contributed by atoms with E-state index >= 15 is 0 Å². The zero-order valence-electron chi connectivity index (χ0n) is 18.2. The van der Waals surface area contributed by atoms with E-state index in [0.717, 1.165) is 34.1 Å². The van der Waals surface area contributed by atoms with Crippen molar-refractivity contribution in [3.63, 3.8) is 0 Å². The van der Waals surface area contributed by atoms with Gasteiger partial charge in [0.15, 0.2) is 5.60 Å². The molecule has 0 spiro atoms. The topological polar surface area (TPSA) is 106 Å². The number of carbonyl (C=O) groups excluding carboxylic acids is 3. The average Bonchev–Trinajstić information content (AvgIpc) is 3.10. The first-order valence-corrected chi connectivity index (χ1v) is 10.4. The molecular formula is C24H24N2O6. The molecule has 0 radical (unpaired) electrons. The number of aryl methyl sites for hydroxylation is 1. The van der Waals surface area contributed by atoms with E-state index in [1.54, 1.807) is 31.2 Å². The first kappa shape index (κ1) is 21.7. The van der Waals surface area contributed by atoms with Gasteiger partial charge in [-0.1, -0.05) is 13.8 Å². The van der Waals surface area contributed by atoms with Gasteiger partial charge in [0.1, 0.15) is 18.6 Å². The lowest BCUT2D eigenvalue weighted by Crippen LogP contribution is -2.45. The minimum Gasteiger partial charge on any atom is -0.458 e. The van der Waals surface area contributed by atoms with Gasteiger partial charge in [-0.25, -0.2) is 9.78 Å². The second-order valence-corrected chi connectivity index (χ2v) is 7.90. The number of benzene rings is 1. The number of aromatic nitrogens is 1. The van der Waals surface area contributed by atoms with Crippen LogP contribution in [0.5, 0.6) is 5.75 Å². The van der Waals surface area contributed by atoms with Crippen LogP contribution in [0.4, 0.5) is 0 Å². The number of cyclic esters (lactones) is 1. The lowest BCUT2D eigenvalue weighted by molar-refractivity contribution is -0.162. The summed E-state index contributed by atoms with van der Waals surface area (Å²) in [6.45, 7) is 4.50. The molecule has 1 atom stereocenters. The van der Waals surface area contributed by atoms with Crippen LogP contribution in [0.3, 0.4) is 0 Å². The van der Waals surface area contributed by atoms with Crippen molar-refractivity contribution >= 4 is 35.3 Å². The molecule has 8 heteroatoms. The Hall–Kier alpha value is -3.52. The maximum atomic E-state index is 12.4. The molecular weight excluding hydrogens is 412 g/mol. The number of pyridine rings is 1. The second kappa shape index (κ2) is 8.20. The number of rotatable bonds is 6. The van der Waals surface area contributed by atoms with Gasteiger partial charge in [0.25, 0.3) is 6.47 Å². The first-order valence-electron chi connectivity index (χ1n) is 10.4. The third kappa shape index (κ3) is 3.27. The Morgan fingerprint density at radius 1 is 1.31 bits per heavy atom. The molecule has 2 aliphatic rings. The van der Waals surface area contributed by atoms with Crippen LogP contribution in [0.1, 0.15) is 37.1 Å². The van der Waals surface area contributed by atoms with Crippen LogP contribution >= 0.6 is 0 Å². The molecule has 2 aromatic rings. The highest BCUT2D eigenvalue weighted by Gasteiger charge is 2.44. The molecule has 0 fully saturated rings. The normalized spacial score (nSPS) is 21.7. The molecule has 166 valence electrons. The van der Waals surface area contributed by atoms with Gasteiger partial charge in [-0.3, -0.25) is 9.59 Å². The highest BCUT2D eigenvalue weighted by atomic mass is 16.6. The fourth-order valence-electron chi connectivity index (χ4n) is 4.44. The van der Waals surface area contributed by atoms with Gasteiger partial charge in [-0.2, -0.15) is 0 Å². The lowest BCUT2D eigenvalue weighted by Gasteiger charge is -2.32. The van der Waals surface area contributed by atoms with E-state index in [1.165, 1.54) is 0 Å². The molecule has 0 saturated heterocycles. The number of carbonyl (C=O) groups is 3. The predicted octanol–water partition coefficient (Wildman–Crippen LogP) is 2.31. The zero-order chi connectivity index (χ0) is 23.0. The van der Waals surface area contributed by atoms with Crippen molar-refractivity contribution in [1.29, 1.82) is 0 Å². The Morgan fingerprint density at radius 2 is 2.09 bits per heavy atom. The summed E-state index contributed by atoms with van der Waals surface area (Å²) in [5.74, 6) is -0.317. The monoisotopic (exact) mass is 436 g/mol. The molecule has 3 heterocycles. The van der Waals surface area contributed by atoms with Crippen molar-refractivity contribution in [2.75, 3.05) is 13.7 Å². The van der Waals surface area contributed by atoms with Crippen molar-refractivity contribution in [1.82, 2.24) is 9.88 Å². The van der Waals surface area contributed by atoms with Crippen LogP contribution < -0.4 is 4.74 Å². The minimum atomic E-state index is -1.89. The van der Waals surface area contributed by atoms with E-state index in [2.05, 4.69) is 0 Å². The molecule has 1 unspecified atom stereocenters. The molecule has 1 aromatic heterocycles. The number of aliphatic hydroxyl groups is 1. The molecule has 4 rings (SSSR count). The Bertz CT molecular complexity index is 1200. The highest BCUT2D eigenvalue weighted by Crippen LogP contribution is 2.40. The molecule has 0 bridgehead atoms. The van der Waals surface area contributed by atoms with Crippen LogP contribution in [0.15, 0.2) is 35.4 Å². The van der Waals surface area contributed by atoms with Gasteiger partial charge < -0.3 is 19.5 Å². The van der Waals surface area contributed by atoms with Crippen molar-refractivity contribution < 1.29 is 29.0 Å². The van der Waals surface area contributed by atoms with Crippen molar-refractivity contribution in [2.24, 2.45) is 0 Å². The Morgan fingerprint density at radius 3 is 2.75 bits per heavy atom. The summed E-state index contributed by atoms with van der Waals surface area (Å²) in [6.07, 6.45) is 3.11. The van der Waals surface area contributed by atoms with Crippen LogP contribution in [0.25, 0.3) is 16.6 Å². The van der Waals surface area contributed by atoms with E-state index in [0.29, 0.717) is 30.7 Å². The summed E-state index contributed by atoms with van der Waals surface area (Å²) in [5, 5.41) is 11.9. The third-order valence-electron chi connectivity index (χ3n) is 6.19. The summed E-state index contributed by atoms with van der Waals surface area (Å²) in [7, 11) is 1.89. The smallest absolute Gasteiger partial charge is 0.343 e. The molecule has 0 saturated carbocycles. The Kier molecular flexibility index (Phi) is 5.56. The number of hydrogen-bond donors (Lipinski definition) is 1. The minimum absolute atomic E-state index is 0.0731. The number of esters is 1. The number of ether oxygens (including phenoxy) is 2. The van der Waals surface area contributed by atoms with E-state index in [-0.39, 0.29) is 24.2 Å². The maximum absolute atomic E-state index is 12.4. The molecule has 1 N–H and O–H groups in total. The number of aldehydes is 1. The number of hydrogen-bond acceptors (Lipinski definition) is 8. The van der Waals surface area contributed by atoms with Gasteiger partial charge in [0, 0.05) is 35.7 Å². The number of fused-ring (bicyclic) bond motifs is 2. The molecule has 2 aliphatic heterocycles. The van der Waals surface area contributed by atoms with Gasteiger partial charge in [-0.15, -0.1) is 0 Å². The summed E-state index contributed by atoms with van der Waals surface area (Å²) < 4.78 is 10.0. The van der Waals surface area contributed by atoms with Crippen molar-refractivity contribution in [3.8, 4) is 5.75 Å². The Balaban J connectivity index is 1.94. The van der Waals surface area contributed by atoms with E-state index in [4.69, 9.17) is 14.5 Å². The third-order valence-corrected chi connectivity index (χ3v) is 6.19. The molecule has 32 heavy (non-hydrogen) atoms. The standard InChI is InChI=1S/C24H24N2O6/c1-4-16-17-8-15(32-13-28)6-7-20(17)25-22-18(16)10-26(3)21(22)9-19-14(11-27)12-31-23(29)24(19,30)5-2/h6-9,11,13,30H,4-5,10,12H2,1-3H3. The first-order chi connectivity index (χ1) is 15.4. The van der Waals surface area contributed by atoms with Crippen LogP contribution in [-0.4, -0.2) is 53.0 Å². The summed E-state index contributed by atoms with van der Waals surface area (Å²) in [6, 6.07) is 5.27. The summed E-state index contributed by atoms with van der Waals surface area (Å²) in [4.78, 5) is 41.6. The fraction of sp³-hybridized carbons (Fsp3) is 0.333.